The van der Waals surface area contributed by atoms with Crippen molar-refractivity contribution in [2.24, 2.45) is 0 Å². The van der Waals surface area contributed by atoms with Crippen LogP contribution < -0.4 is 0 Å². The van der Waals surface area contributed by atoms with Crippen molar-refractivity contribution in [3.05, 3.63) is 90.7 Å². The van der Waals surface area contributed by atoms with Gasteiger partial charge in [0.25, 0.3) is 0 Å². The number of fused-ring (bicyclic) bond motifs is 20. The maximum Gasteiger partial charge on any atom is 0.164 e. The van der Waals surface area contributed by atoms with Crippen LogP contribution in [0.15, 0.2) is 90.7 Å². The third kappa shape index (κ3) is 4.39. The van der Waals surface area contributed by atoms with Gasteiger partial charge < -0.3 is 9.97 Å². The van der Waals surface area contributed by atoms with Gasteiger partial charge in [-0.05, 0) is 63.7 Å². The summed E-state index contributed by atoms with van der Waals surface area (Å²) in [6.07, 6.45) is 0. The fraction of sp³-hybridized carbons (Fsp3) is 0. The maximum atomic E-state index is 5.10. The van der Waals surface area contributed by atoms with Gasteiger partial charge in [-0.2, -0.15) is 0 Å². The van der Waals surface area contributed by atoms with E-state index < -0.39 is 0 Å². The maximum absolute atomic E-state index is 5.10. The van der Waals surface area contributed by atoms with E-state index in [4.69, 9.17) is 29.9 Å². The van der Waals surface area contributed by atoms with Crippen LogP contribution in [0.4, 0.5) is 0 Å². The Kier molecular flexibility index (Phi) is 7.04. The molecule has 0 unspecified atom stereocenters. The quantitative estimate of drug-likeness (QED) is 0.116. The molecule has 7 aromatic rings. The van der Waals surface area contributed by atoms with Crippen molar-refractivity contribution in [1.29, 1.82) is 0 Å². The van der Waals surface area contributed by atoms with Gasteiger partial charge in [0, 0.05) is 78.5 Å². The first kappa shape index (κ1) is 29.1. The molecule has 8 nitrogen and oxygen atoms in total. The molecule has 0 amide bonds. The number of H-pyrrole nitrogens is 2. The molecule has 8 bridgehead atoms. The zero-order valence-corrected chi connectivity index (χ0v) is 29.8. The van der Waals surface area contributed by atoms with Crippen LogP contribution >= 0.6 is 63.7 Å². The predicted molar refractivity (Wildman–Crippen MR) is 187 cm³/mol. The van der Waals surface area contributed by atoms with Gasteiger partial charge in [-0.25, -0.2) is 29.9 Å². The number of aromatic nitrogens is 8. The predicted octanol–water partition coefficient (Wildman–Crippen LogP) is 9.92. The number of hydrogen-bond acceptors (Lipinski definition) is 6. The van der Waals surface area contributed by atoms with Crippen molar-refractivity contribution in [2.75, 3.05) is 0 Å². The summed E-state index contributed by atoms with van der Waals surface area (Å²) in [5.41, 5.74) is 6.07. The first-order chi connectivity index (χ1) is 21.5. The molecular weight excluding hydrogens is 875 g/mol. The largest absolute Gasteiger partial charge is 0.324 e. The van der Waals surface area contributed by atoms with Gasteiger partial charge in [0.1, 0.15) is 22.6 Å². The SMILES string of the molecule is Brc1c(Br)c(Br)c2c3nc4nc(nc5[nH]c(nc6nc(nc([nH]3)c2c1Br)-c1ccccc1-6)c1ccccc51)-c1ccccc1-4.[Co]. The molecule has 13 heteroatoms. The minimum absolute atomic E-state index is 0. The Hall–Kier alpha value is -3.33. The first-order valence-electron chi connectivity index (χ1n) is 13.4. The second kappa shape index (κ2) is 10.9. The zero-order valence-electron chi connectivity index (χ0n) is 22.5. The molecule has 9 rings (SSSR count). The number of halogens is 4. The number of rotatable bonds is 0. The molecule has 4 aromatic carbocycles. The summed E-state index contributed by atoms with van der Waals surface area (Å²) >= 11 is 15.0. The van der Waals surface area contributed by atoms with E-state index in [1.54, 1.807) is 0 Å². The Balaban J connectivity index is 0.00000300. The van der Waals surface area contributed by atoms with Crippen LogP contribution in [0.25, 0.3) is 89.7 Å². The van der Waals surface area contributed by atoms with E-state index in [1.165, 1.54) is 0 Å². The van der Waals surface area contributed by atoms with Crippen LogP contribution in [-0.4, -0.2) is 39.9 Å². The summed E-state index contributed by atoms with van der Waals surface area (Å²) < 4.78 is 3.32. The number of aromatic amines is 2. The Morgan fingerprint density at radius 1 is 0.378 bits per heavy atom. The summed E-state index contributed by atoms with van der Waals surface area (Å²) in [6, 6.07) is 24.0. The molecule has 3 aromatic heterocycles. The second-order valence-electron chi connectivity index (χ2n) is 10.3. The van der Waals surface area contributed by atoms with Gasteiger partial charge in [0.15, 0.2) is 23.3 Å². The molecule has 1 radical (unpaired) electrons. The monoisotopic (exact) mass is 885 g/mol. The molecule has 0 saturated heterocycles. The molecule has 45 heavy (non-hydrogen) atoms. The molecule has 0 spiro atoms. The Morgan fingerprint density at radius 3 is 1.07 bits per heavy atom. The van der Waals surface area contributed by atoms with Crippen LogP contribution in [0.5, 0.6) is 0 Å². The van der Waals surface area contributed by atoms with E-state index in [9.17, 15) is 0 Å². The number of hydrogen-bond donors (Lipinski definition) is 2. The fourth-order valence-electron chi connectivity index (χ4n) is 5.75. The van der Waals surface area contributed by atoms with Crippen LogP contribution in [0.1, 0.15) is 0 Å². The van der Waals surface area contributed by atoms with Gasteiger partial charge in [0.05, 0.1) is 0 Å². The average Bonchev–Trinajstić information content (AvgIpc) is 3.78. The Labute approximate surface area is 298 Å². The molecular formula is C32H14Br4CoN8. The Bertz CT molecular complexity index is 2410. The summed E-state index contributed by atoms with van der Waals surface area (Å²) in [6.45, 7) is 0. The third-order valence-corrected chi connectivity index (χ3v) is 12.5. The van der Waals surface area contributed by atoms with Gasteiger partial charge in [-0.15, -0.1) is 0 Å². The van der Waals surface area contributed by atoms with Gasteiger partial charge in [-0.1, -0.05) is 72.8 Å². The fourth-order valence-corrected chi connectivity index (χ4v) is 8.25. The third-order valence-electron chi connectivity index (χ3n) is 7.76. The minimum atomic E-state index is 0. The molecule has 2 N–H and O–H groups in total. The van der Waals surface area contributed by atoms with Gasteiger partial charge >= 0.3 is 0 Å². The molecule has 219 valence electrons. The topological polar surface area (TPSA) is 109 Å². The summed E-state index contributed by atoms with van der Waals surface area (Å²) in [5, 5.41) is 3.54. The molecule has 2 aliphatic heterocycles. The van der Waals surface area contributed by atoms with Crippen LogP contribution in [0.3, 0.4) is 0 Å². The zero-order chi connectivity index (χ0) is 29.7. The van der Waals surface area contributed by atoms with Crippen molar-refractivity contribution in [3.63, 3.8) is 0 Å². The van der Waals surface area contributed by atoms with Crippen molar-refractivity contribution in [2.45, 2.75) is 0 Å². The second-order valence-corrected chi connectivity index (χ2v) is 13.4. The smallest absolute Gasteiger partial charge is 0.164 e. The minimum Gasteiger partial charge on any atom is -0.324 e. The van der Waals surface area contributed by atoms with E-state index in [-0.39, 0.29) is 16.8 Å². The number of benzene rings is 4. The van der Waals surface area contributed by atoms with E-state index in [1.807, 2.05) is 72.8 Å². The van der Waals surface area contributed by atoms with E-state index in [0.717, 1.165) is 61.7 Å². The number of nitrogens with one attached hydrogen (secondary N) is 2. The summed E-state index contributed by atoms with van der Waals surface area (Å²) in [4.78, 5) is 37.1. The van der Waals surface area contributed by atoms with Crippen LogP contribution in [0, 0.1) is 0 Å². The van der Waals surface area contributed by atoms with Crippen molar-refractivity contribution >= 4 is 108 Å². The Morgan fingerprint density at radius 2 is 0.689 bits per heavy atom. The van der Waals surface area contributed by atoms with Crippen molar-refractivity contribution in [3.8, 4) is 45.6 Å². The summed E-state index contributed by atoms with van der Waals surface area (Å²) in [7, 11) is 0. The van der Waals surface area contributed by atoms with Crippen LogP contribution in [0.2, 0.25) is 0 Å². The van der Waals surface area contributed by atoms with Gasteiger partial charge in [-0.3, -0.25) is 0 Å². The van der Waals surface area contributed by atoms with Crippen LogP contribution in [-0.2, 0) is 16.8 Å². The average molecular weight is 889 g/mol. The van der Waals surface area contributed by atoms with Gasteiger partial charge in [0.2, 0.25) is 0 Å². The normalized spacial score (nSPS) is 11.8. The molecule has 0 atom stereocenters. The standard InChI is InChI=1S/C32H14Br4N8.Co/c33-21-19-20(22(34)24(36)23(21)35)32-43-30-18-12-6-4-10-16(18)28(41-30)39-26-14-8-2-1-7-13(14)25(37-26)38-27-15-9-3-5-11-17(15)29(40-27)42-31(19)44-32;/h1-12H,(H2,37,38,39,40,41,42,43,44);. The molecule has 2 aliphatic rings. The first-order valence-corrected chi connectivity index (χ1v) is 16.6. The van der Waals surface area contributed by atoms with Crippen molar-refractivity contribution in [1.82, 2.24) is 39.9 Å². The molecule has 0 aliphatic carbocycles. The van der Waals surface area contributed by atoms with E-state index >= 15 is 0 Å². The van der Waals surface area contributed by atoms with Crippen molar-refractivity contribution < 1.29 is 16.8 Å². The van der Waals surface area contributed by atoms with E-state index in [2.05, 4.69) is 73.7 Å². The molecule has 5 heterocycles. The molecule has 0 saturated carbocycles. The summed E-state index contributed by atoms with van der Waals surface area (Å²) in [5.74, 6) is 2.22. The molecule has 0 fully saturated rings. The number of nitrogens with zero attached hydrogens (tertiary/aromatic N) is 6. The van der Waals surface area contributed by atoms with E-state index in [0.29, 0.717) is 45.9 Å².